The van der Waals surface area contributed by atoms with Gasteiger partial charge in [-0.2, -0.15) is 0 Å². The smallest absolute Gasteiger partial charge is 0.164 e. The molecule has 25 rings (SSSR count). The maximum absolute atomic E-state index is 5.21. The van der Waals surface area contributed by atoms with Gasteiger partial charge in [-0.15, -0.1) is 0 Å². The molecule has 22 aromatic carbocycles. The summed E-state index contributed by atoms with van der Waals surface area (Å²) in [4.78, 5) is 45.3. The van der Waals surface area contributed by atoms with Crippen molar-refractivity contribution in [3.63, 3.8) is 0 Å². The molecule has 0 aliphatic heterocycles. The Labute approximate surface area is 762 Å². The third kappa shape index (κ3) is 15.7. The Kier molecular flexibility index (Phi) is 20.8. The van der Waals surface area contributed by atoms with E-state index in [-0.39, 0.29) is 0 Å². The Morgan fingerprint density at radius 3 is 0.712 bits per heavy atom. The van der Waals surface area contributed by atoms with E-state index in [0.717, 1.165) is 99.3 Å². The molecule has 0 unspecified atom stereocenters. The van der Waals surface area contributed by atoms with E-state index in [0.29, 0.717) is 52.4 Å². The highest BCUT2D eigenvalue weighted by molar-refractivity contribution is 6.16. The third-order valence-corrected chi connectivity index (χ3v) is 24.9. The van der Waals surface area contributed by atoms with Crippen molar-refractivity contribution in [1.82, 2.24) is 44.9 Å². The fourth-order valence-electron chi connectivity index (χ4n) is 18.3. The number of benzene rings is 22. The number of hydrogen-bond donors (Lipinski definition) is 0. The second-order valence-electron chi connectivity index (χ2n) is 33.1. The van der Waals surface area contributed by atoms with Gasteiger partial charge in [-0.1, -0.05) is 437 Å². The second-order valence-corrected chi connectivity index (χ2v) is 33.1. The van der Waals surface area contributed by atoms with Crippen molar-refractivity contribution in [2.24, 2.45) is 0 Å². The van der Waals surface area contributed by atoms with Crippen LogP contribution in [-0.4, -0.2) is 44.9 Å². The van der Waals surface area contributed by atoms with Gasteiger partial charge in [-0.3, -0.25) is 0 Å². The summed E-state index contributed by atoms with van der Waals surface area (Å²) >= 11 is 0. The summed E-state index contributed by atoms with van der Waals surface area (Å²) in [5.41, 5.74) is 18.0. The molecule has 0 spiro atoms. The van der Waals surface area contributed by atoms with E-state index < -0.39 is 0 Å². The van der Waals surface area contributed by atoms with Gasteiger partial charge in [-0.05, 0) is 184 Å². The molecule has 25 aromatic rings. The van der Waals surface area contributed by atoms with E-state index in [1.165, 1.54) is 92.3 Å². The van der Waals surface area contributed by atoms with Crippen LogP contribution in [0.3, 0.4) is 0 Å². The quantitative estimate of drug-likeness (QED) is 0.104. The van der Waals surface area contributed by atoms with E-state index in [1.807, 2.05) is 97.1 Å². The molecule has 616 valence electrons. The van der Waals surface area contributed by atoms with Crippen molar-refractivity contribution in [3.05, 3.63) is 479 Å². The Bertz CT molecular complexity index is 8640. The molecule has 0 bridgehead atoms. The maximum atomic E-state index is 5.21. The SMILES string of the molecule is c1ccc(-c2ccccc2-c2nc(-c3ccc(-c4ccc5ccccc5c4)cc3)nc(-c3cc4ccccc4c4ccccc34)n2)cc1.c1ccc(-c2nc(-c3ccc(-c4ccc5ccccc5c4)cc3)nc(-c3cc4ccccc4c4ccccc34)n2)cc1.c1ccc(-c2nc(-c3ccccc3)nc(-c3ccc4cc(-c5cc6ccccc6c6ccccc56)ccc4c3)n2)cc1. The first-order chi connectivity index (χ1) is 65.4. The molecular weight excluding hydrogens is 1600 g/mol. The van der Waals surface area contributed by atoms with Gasteiger partial charge in [0.25, 0.3) is 0 Å². The lowest BCUT2D eigenvalue weighted by Crippen LogP contribution is -2.01. The van der Waals surface area contributed by atoms with Crippen molar-refractivity contribution in [3.8, 4) is 147 Å². The van der Waals surface area contributed by atoms with Crippen molar-refractivity contribution in [2.75, 3.05) is 0 Å². The van der Waals surface area contributed by atoms with Gasteiger partial charge in [0.05, 0.1) is 0 Å². The van der Waals surface area contributed by atoms with Crippen LogP contribution in [0.1, 0.15) is 0 Å². The number of hydrogen-bond acceptors (Lipinski definition) is 9. The van der Waals surface area contributed by atoms with Gasteiger partial charge in [-0.25, -0.2) is 44.9 Å². The van der Waals surface area contributed by atoms with E-state index in [4.69, 9.17) is 44.9 Å². The molecular formula is C123H79N9. The van der Waals surface area contributed by atoms with Crippen LogP contribution in [-0.2, 0) is 0 Å². The minimum atomic E-state index is 0.639. The Morgan fingerprint density at radius 1 is 0.0909 bits per heavy atom. The molecule has 0 amide bonds. The highest BCUT2D eigenvalue weighted by atomic mass is 15.1. The van der Waals surface area contributed by atoms with Gasteiger partial charge in [0.2, 0.25) is 0 Å². The zero-order valence-corrected chi connectivity index (χ0v) is 71.6. The minimum absolute atomic E-state index is 0.639. The summed E-state index contributed by atoms with van der Waals surface area (Å²) in [5, 5.41) is 21.7. The number of fused-ring (bicyclic) bond motifs is 12. The summed E-state index contributed by atoms with van der Waals surface area (Å²) in [6, 6.07) is 167. The van der Waals surface area contributed by atoms with Crippen LogP contribution < -0.4 is 0 Å². The van der Waals surface area contributed by atoms with Gasteiger partial charge < -0.3 is 0 Å². The van der Waals surface area contributed by atoms with E-state index in [2.05, 4.69) is 382 Å². The minimum Gasteiger partial charge on any atom is -0.208 e. The molecule has 132 heavy (non-hydrogen) atoms. The summed E-state index contributed by atoms with van der Waals surface area (Å²) in [7, 11) is 0. The van der Waals surface area contributed by atoms with Crippen molar-refractivity contribution >= 4 is 97.0 Å². The third-order valence-electron chi connectivity index (χ3n) is 24.9. The predicted octanol–water partition coefficient (Wildman–Crippen LogP) is 31.7. The zero-order chi connectivity index (χ0) is 87.6. The first kappa shape index (κ1) is 78.9. The lowest BCUT2D eigenvalue weighted by Gasteiger charge is -2.14. The number of rotatable bonds is 13. The highest BCUT2D eigenvalue weighted by Gasteiger charge is 2.22. The molecule has 0 saturated carbocycles. The molecule has 3 aromatic heterocycles. The molecule has 0 aliphatic carbocycles. The van der Waals surface area contributed by atoms with Crippen LogP contribution in [0.15, 0.2) is 479 Å². The summed E-state index contributed by atoms with van der Waals surface area (Å²) in [6.07, 6.45) is 0. The number of nitrogens with zero attached hydrogens (tertiary/aromatic N) is 9. The van der Waals surface area contributed by atoms with Gasteiger partial charge in [0.15, 0.2) is 52.4 Å². The van der Waals surface area contributed by atoms with Crippen LogP contribution in [0.25, 0.3) is 244 Å². The number of aromatic nitrogens is 9. The Hall–Kier alpha value is -17.8. The molecule has 9 heteroatoms. The first-order valence-corrected chi connectivity index (χ1v) is 44.4. The lowest BCUT2D eigenvalue weighted by atomic mass is 9.92. The van der Waals surface area contributed by atoms with Crippen LogP contribution in [0.5, 0.6) is 0 Å². The van der Waals surface area contributed by atoms with Crippen LogP contribution in [0.2, 0.25) is 0 Å². The fraction of sp³-hybridized carbons (Fsp3) is 0. The zero-order valence-electron chi connectivity index (χ0n) is 71.6. The Morgan fingerprint density at radius 2 is 0.311 bits per heavy atom. The molecule has 0 aliphatic rings. The molecule has 0 N–H and O–H groups in total. The van der Waals surface area contributed by atoms with Crippen molar-refractivity contribution in [1.29, 1.82) is 0 Å². The molecule has 0 fully saturated rings. The molecule has 0 radical (unpaired) electrons. The molecule has 9 nitrogen and oxygen atoms in total. The van der Waals surface area contributed by atoms with Crippen LogP contribution in [0.4, 0.5) is 0 Å². The summed E-state index contributed by atoms with van der Waals surface area (Å²) in [6.45, 7) is 0. The molecule has 0 atom stereocenters. The normalized spacial score (nSPS) is 11.3. The predicted molar refractivity (Wildman–Crippen MR) is 548 cm³/mol. The van der Waals surface area contributed by atoms with E-state index >= 15 is 0 Å². The summed E-state index contributed by atoms with van der Waals surface area (Å²) < 4.78 is 0. The van der Waals surface area contributed by atoms with Crippen molar-refractivity contribution < 1.29 is 0 Å². The van der Waals surface area contributed by atoms with Gasteiger partial charge in [0, 0.05) is 50.1 Å². The van der Waals surface area contributed by atoms with Gasteiger partial charge in [0.1, 0.15) is 0 Å². The van der Waals surface area contributed by atoms with E-state index in [9.17, 15) is 0 Å². The first-order valence-electron chi connectivity index (χ1n) is 44.4. The van der Waals surface area contributed by atoms with Crippen molar-refractivity contribution in [2.45, 2.75) is 0 Å². The van der Waals surface area contributed by atoms with Crippen LogP contribution >= 0.6 is 0 Å². The average Bonchev–Trinajstić information content (AvgIpc) is 0.764. The standard InChI is InChI=1S/C45H29N3.2C39H25N3/c1-2-13-32(14-3-1)37-17-8-11-21-41(37)44-46-43(33-25-22-31(23-26-33)35-27-24-30-12-4-5-15-34(30)28-35)47-45(48-44)42-29-36-16-6-7-18-38(36)39-19-9-10-20-40(39)42;1-3-11-26(12-4-1)37-40-38(27-13-5-2-6-14-27)42-39(41-37)32-22-20-28-23-31(21-19-29(28)24-32)36-25-30-15-7-8-16-33(30)34-17-9-10-18-35(34)36;1-2-11-28(12-3-1)37-40-38(29-21-18-27(19-22-29)31-23-20-26-10-4-5-13-30(26)24-31)42-39(41-37)36-25-32-14-6-7-15-33(32)34-16-8-9-17-35(34)36/h1-29H;2*1-25H. The summed E-state index contributed by atoms with van der Waals surface area (Å²) in [5.74, 6) is 5.90. The second kappa shape index (κ2) is 34.9. The topological polar surface area (TPSA) is 116 Å². The van der Waals surface area contributed by atoms with E-state index in [1.54, 1.807) is 0 Å². The molecule has 3 heterocycles. The van der Waals surface area contributed by atoms with Crippen LogP contribution in [0, 0.1) is 0 Å². The molecule has 0 saturated heterocycles. The fourth-order valence-corrected chi connectivity index (χ4v) is 18.3. The van der Waals surface area contributed by atoms with Gasteiger partial charge >= 0.3 is 0 Å². The Balaban J connectivity index is 0.000000113. The largest absolute Gasteiger partial charge is 0.208 e. The monoisotopic (exact) mass is 1680 g/mol. The average molecular weight is 1680 g/mol. The maximum Gasteiger partial charge on any atom is 0.164 e. The highest BCUT2D eigenvalue weighted by Crippen LogP contribution is 2.43. The lowest BCUT2D eigenvalue weighted by molar-refractivity contribution is 1.07.